The maximum Gasteiger partial charge on any atom is 0.250 e. The van der Waals surface area contributed by atoms with Crippen molar-refractivity contribution in [2.24, 2.45) is 5.73 Å². The lowest BCUT2D eigenvalue weighted by Crippen LogP contribution is -2.12. The SMILES string of the molecule is Cc1cccc(Cn2c(-c3csc(-c4ccno4)n3)cc(C(N)=O)c2C)c1. The minimum absolute atomic E-state index is 0.442. The number of aromatic nitrogens is 3. The zero-order valence-corrected chi connectivity index (χ0v) is 15.8. The third-order valence-electron chi connectivity index (χ3n) is 4.47. The highest BCUT2D eigenvalue weighted by Crippen LogP contribution is 2.31. The maximum atomic E-state index is 11.9. The first-order valence-corrected chi connectivity index (χ1v) is 9.33. The molecule has 4 aromatic rings. The fourth-order valence-corrected chi connectivity index (χ4v) is 3.90. The van der Waals surface area contributed by atoms with Gasteiger partial charge in [0.15, 0.2) is 10.8 Å². The molecule has 0 spiro atoms. The van der Waals surface area contributed by atoms with Crippen LogP contribution in [0.2, 0.25) is 0 Å². The summed E-state index contributed by atoms with van der Waals surface area (Å²) in [5.74, 6) is 0.178. The molecule has 0 fully saturated rings. The Morgan fingerprint density at radius 2 is 2.11 bits per heavy atom. The van der Waals surface area contributed by atoms with Crippen molar-refractivity contribution >= 4 is 17.2 Å². The molecule has 2 N–H and O–H groups in total. The van der Waals surface area contributed by atoms with Crippen molar-refractivity contribution < 1.29 is 9.32 Å². The third-order valence-corrected chi connectivity index (χ3v) is 5.33. The van der Waals surface area contributed by atoms with Crippen LogP contribution in [0, 0.1) is 13.8 Å². The van der Waals surface area contributed by atoms with Crippen LogP contribution >= 0.6 is 11.3 Å². The van der Waals surface area contributed by atoms with Crippen molar-refractivity contribution in [3.8, 4) is 22.2 Å². The predicted molar refractivity (Wildman–Crippen MR) is 105 cm³/mol. The Morgan fingerprint density at radius 3 is 2.81 bits per heavy atom. The molecule has 0 aliphatic heterocycles. The van der Waals surface area contributed by atoms with Gasteiger partial charge in [0.1, 0.15) is 0 Å². The lowest BCUT2D eigenvalue weighted by Gasteiger charge is -2.11. The van der Waals surface area contributed by atoms with Crippen molar-refractivity contribution in [2.75, 3.05) is 0 Å². The average molecular weight is 378 g/mol. The standard InChI is InChI=1S/C20H18N4O2S/c1-12-4-3-5-14(8-12)10-24-13(2)15(19(21)25)9-17(24)16-11-27-20(23-16)18-6-7-22-26-18/h3-9,11H,10H2,1-2H3,(H2,21,25). The van der Waals surface area contributed by atoms with E-state index in [9.17, 15) is 4.79 Å². The highest BCUT2D eigenvalue weighted by molar-refractivity contribution is 7.13. The summed E-state index contributed by atoms with van der Waals surface area (Å²) in [5, 5.41) is 6.42. The zero-order chi connectivity index (χ0) is 19.0. The van der Waals surface area contributed by atoms with Gasteiger partial charge in [0, 0.05) is 23.7 Å². The Balaban J connectivity index is 1.80. The summed E-state index contributed by atoms with van der Waals surface area (Å²) >= 11 is 1.47. The van der Waals surface area contributed by atoms with Gasteiger partial charge in [-0.15, -0.1) is 11.3 Å². The number of thiazole rings is 1. The van der Waals surface area contributed by atoms with Crippen LogP contribution in [0.1, 0.15) is 27.2 Å². The summed E-state index contributed by atoms with van der Waals surface area (Å²) in [6.07, 6.45) is 1.59. The molecule has 0 aliphatic rings. The minimum atomic E-state index is -0.442. The summed E-state index contributed by atoms with van der Waals surface area (Å²) in [6, 6.07) is 11.9. The number of carbonyl (C=O) groups excluding carboxylic acids is 1. The molecule has 0 atom stereocenters. The molecule has 1 aromatic carbocycles. The molecule has 3 aromatic heterocycles. The van der Waals surface area contributed by atoms with Gasteiger partial charge in [-0.2, -0.15) is 0 Å². The van der Waals surface area contributed by atoms with E-state index in [0.29, 0.717) is 17.9 Å². The number of aryl methyl sites for hydroxylation is 1. The first-order valence-electron chi connectivity index (χ1n) is 8.45. The van der Waals surface area contributed by atoms with Crippen molar-refractivity contribution in [1.29, 1.82) is 0 Å². The van der Waals surface area contributed by atoms with Crippen LogP contribution in [0.15, 0.2) is 52.5 Å². The summed E-state index contributed by atoms with van der Waals surface area (Å²) in [4.78, 5) is 16.6. The smallest absolute Gasteiger partial charge is 0.250 e. The molecule has 0 unspecified atom stereocenters. The summed E-state index contributed by atoms with van der Waals surface area (Å²) < 4.78 is 7.27. The van der Waals surface area contributed by atoms with E-state index in [2.05, 4.69) is 39.8 Å². The first kappa shape index (κ1) is 17.2. The Hall–Kier alpha value is -3.19. The number of carbonyl (C=O) groups is 1. The highest BCUT2D eigenvalue weighted by Gasteiger charge is 2.19. The van der Waals surface area contributed by atoms with Crippen molar-refractivity contribution in [3.63, 3.8) is 0 Å². The van der Waals surface area contributed by atoms with E-state index in [4.69, 9.17) is 10.3 Å². The van der Waals surface area contributed by atoms with Crippen LogP contribution in [0.3, 0.4) is 0 Å². The molecule has 3 heterocycles. The van der Waals surface area contributed by atoms with Crippen LogP contribution in [0.4, 0.5) is 0 Å². The number of nitrogens with zero attached hydrogens (tertiary/aromatic N) is 3. The van der Waals surface area contributed by atoms with Crippen LogP contribution in [-0.2, 0) is 6.54 Å². The molecule has 0 bridgehead atoms. The van der Waals surface area contributed by atoms with E-state index in [1.54, 1.807) is 12.3 Å². The molecule has 0 saturated carbocycles. The van der Waals surface area contributed by atoms with Gasteiger partial charge in [-0.05, 0) is 25.5 Å². The number of benzene rings is 1. The monoisotopic (exact) mass is 378 g/mol. The van der Waals surface area contributed by atoms with Crippen LogP contribution < -0.4 is 5.73 Å². The minimum Gasteiger partial charge on any atom is -0.366 e. The van der Waals surface area contributed by atoms with Gasteiger partial charge in [0.05, 0.1) is 23.1 Å². The van der Waals surface area contributed by atoms with Crippen molar-refractivity contribution in [1.82, 2.24) is 14.7 Å². The quantitative estimate of drug-likeness (QED) is 0.568. The first-order chi connectivity index (χ1) is 13.0. The summed E-state index contributed by atoms with van der Waals surface area (Å²) in [5.41, 5.74) is 10.9. The zero-order valence-electron chi connectivity index (χ0n) is 15.0. The van der Waals surface area contributed by atoms with Crippen molar-refractivity contribution in [2.45, 2.75) is 20.4 Å². The topological polar surface area (TPSA) is 86.9 Å². The number of nitrogens with two attached hydrogens (primary N) is 1. The second-order valence-electron chi connectivity index (χ2n) is 6.38. The predicted octanol–water partition coefficient (Wildman–Crippen LogP) is 4.03. The van der Waals surface area contributed by atoms with Crippen LogP contribution in [-0.4, -0.2) is 20.6 Å². The molecule has 6 nitrogen and oxygen atoms in total. The van der Waals surface area contributed by atoms with E-state index in [1.165, 1.54) is 16.9 Å². The van der Waals surface area contributed by atoms with E-state index in [-0.39, 0.29) is 0 Å². The van der Waals surface area contributed by atoms with Gasteiger partial charge in [0.2, 0.25) is 0 Å². The van der Waals surface area contributed by atoms with Gasteiger partial charge < -0.3 is 14.8 Å². The Kier molecular flexibility index (Phi) is 4.37. The van der Waals surface area contributed by atoms with E-state index in [1.807, 2.05) is 24.4 Å². The fraction of sp³-hybridized carbons (Fsp3) is 0.150. The summed E-state index contributed by atoms with van der Waals surface area (Å²) in [6.45, 7) is 4.60. The lowest BCUT2D eigenvalue weighted by molar-refractivity contribution is 0.0999. The molecular weight excluding hydrogens is 360 g/mol. The molecular formula is C20H18N4O2S. The van der Waals surface area contributed by atoms with Gasteiger partial charge >= 0.3 is 0 Å². The number of hydrogen-bond acceptors (Lipinski definition) is 5. The van der Waals surface area contributed by atoms with Gasteiger partial charge in [-0.1, -0.05) is 35.0 Å². The Morgan fingerprint density at radius 1 is 1.26 bits per heavy atom. The van der Waals surface area contributed by atoms with E-state index in [0.717, 1.165) is 27.7 Å². The van der Waals surface area contributed by atoms with Gasteiger partial charge in [-0.3, -0.25) is 4.79 Å². The number of amides is 1. The molecule has 0 saturated heterocycles. The molecule has 0 aliphatic carbocycles. The Labute approximate surface area is 160 Å². The molecule has 1 amide bonds. The molecule has 7 heteroatoms. The normalized spacial score (nSPS) is 11.0. The van der Waals surface area contributed by atoms with Crippen LogP contribution in [0.5, 0.6) is 0 Å². The number of primary amides is 1. The largest absolute Gasteiger partial charge is 0.366 e. The van der Waals surface area contributed by atoms with Crippen molar-refractivity contribution in [3.05, 3.63) is 70.4 Å². The van der Waals surface area contributed by atoms with Gasteiger partial charge in [-0.25, -0.2) is 4.98 Å². The Bertz CT molecular complexity index is 1110. The second kappa shape index (κ2) is 6.85. The highest BCUT2D eigenvalue weighted by atomic mass is 32.1. The summed E-state index contributed by atoms with van der Waals surface area (Å²) in [7, 11) is 0. The maximum absolute atomic E-state index is 11.9. The van der Waals surface area contributed by atoms with Gasteiger partial charge in [0.25, 0.3) is 5.91 Å². The van der Waals surface area contributed by atoms with E-state index < -0.39 is 5.91 Å². The van der Waals surface area contributed by atoms with E-state index >= 15 is 0 Å². The lowest BCUT2D eigenvalue weighted by atomic mass is 10.1. The molecule has 0 radical (unpaired) electrons. The molecule has 27 heavy (non-hydrogen) atoms. The number of rotatable bonds is 5. The number of hydrogen-bond donors (Lipinski definition) is 1. The third kappa shape index (κ3) is 3.29. The fourth-order valence-electron chi connectivity index (χ4n) is 3.13. The second-order valence-corrected chi connectivity index (χ2v) is 7.24. The molecule has 4 rings (SSSR count). The molecule has 136 valence electrons. The average Bonchev–Trinajstić information content (AvgIpc) is 3.35. The van der Waals surface area contributed by atoms with Crippen LogP contribution in [0.25, 0.3) is 22.2 Å².